The number of hydrogen-bond donors (Lipinski definition) is 2. The van der Waals surface area contributed by atoms with Gasteiger partial charge in [0.05, 0.1) is 11.5 Å². The van der Waals surface area contributed by atoms with Crippen molar-refractivity contribution in [3.8, 4) is 0 Å². The van der Waals surface area contributed by atoms with Crippen molar-refractivity contribution in [1.82, 2.24) is 5.32 Å². The molecule has 0 radical (unpaired) electrons. The van der Waals surface area contributed by atoms with Gasteiger partial charge in [0.2, 0.25) is 5.91 Å². The van der Waals surface area contributed by atoms with Gasteiger partial charge in [-0.1, -0.05) is 49.6 Å². The van der Waals surface area contributed by atoms with Crippen molar-refractivity contribution in [1.29, 1.82) is 0 Å². The average molecular weight is 287 g/mol. The standard InChI is InChI=1S/C18H25NO2/c20-16-10-5-4-7-14(16)13-19-17(21)18(11-6-12-18)15-8-2-1-3-9-15/h1-3,8-9,14,16,20H,4-7,10-13H2,(H,19,21). The van der Waals surface area contributed by atoms with Gasteiger partial charge in [-0.25, -0.2) is 0 Å². The molecule has 0 heterocycles. The predicted molar refractivity (Wildman–Crippen MR) is 82.9 cm³/mol. The molecule has 1 aromatic rings. The molecule has 1 amide bonds. The van der Waals surface area contributed by atoms with Crippen LogP contribution in [0.15, 0.2) is 30.3 Å². The topological polar surface area (TPSA) is 49.3 Å². The third kappa shape index (κ3) is 2.84. The summed E-state index contributed by atoms with van der Waals surface area (Å²) in [5.41, 5.74) is 0.818. The van der Waals surface area contributed by atoms with Crippen LogP contribution >= 0.6 is 0 Å². The number of carbonyl (C=O) groups excluding carboxylic acids is 1. The largest absolute Gasteiger partial charge is 0.393 e. The minimum Gasteiger partial charge on any atom is -0.393 e. The highest BCUT2D eigenvalue weighted by atomic mass is 16.3. The van der Waals surface area contributed by atoms with Crippen LogP contribution in [-0.2, 0) is 10.2 Å². The number of aliphatic hydroxyl groups is 1. The van der Waals surface area contributed by atoms with Gasteiger partial charge >= 0.3 is 0 Å². The quantitative estimate of drug-likeness (QED) is 0.894. The highest BCUT2D eigenvalue weighted by Gasteiger charge is 2.45. The van der Waals surface area contributed by atoms with Crippen molar-refractivity contribution in [2.45, 2.75) is 56.5 Å². The van der Waals surface area contributed by atoms with E-state index in [0.29, 0.717) is 6.54 Å². The summed E-state index contributed by atoms with van der Waals surface area (Å²) in [6, 6.07) is 10.1. The number of nitrogens with one attached hydrogen (secondary N) is 1. The van der Waals surface area contributed by atoms with E-state index in [1.807, 2.05) is 18.2 Å². The molecule has 2 saturated carbocycles. The van der Waals surface area contributed by atoms with E-state index in [1.165, 1.54) is 6.42 Å². The van der Waals surface area contributed by atoms with Gasteiger partial charge in [-0.2, -0.15) is 0 Å². The smallest absolute Gasteiger partial charge is 0.230 e. The van der Waals surface area contributed by atoms with Crippen LogP contribution < -0.4 is 5.32 Å². The Morgan fingerprint density at radius 2 is 1.86 bits per heavy atom. The number of rotatable bonds is 4. The van der Waals surface area contributed by atoms with E-state index >= 15 is 0 Å². The number of aliphatic hydroxyl groups excluding tert-OH is 1. The lowest BCUT2D eigenvalue weighted by Crippen LogP contribution is -2.51. The van der Waals surface area contributed by atoms with Crippen LogP contribution in [0.1, 0.15) is 50.5 Å². The summed E-state index contributed by atoms with van der Waals surface area (Å²) in [4.78, 5) is 12.7. The van der Waals surface area contributed by atoms with Crippen molar-refractivity contribution in [2.75, 3.05) is 6.54 Å². The van der Waals surface area contributed by atoms with E-state index in [-0.39, 0.29) is 23.3 Å². The number of benzene rings is 1. The van der Waals surface area contributed by atoms with Crippen LogP contribution in [-0.4, -0.2) is 23.7 Å². The molecule has 0 bridgehead atoms. The minimum absolute atomic E-state index is 0.151. The molecule has 2 unspecified atom stereocenters. The van der Waals surface area contributed by atoms with E-state index in [4.69, 9.17) is 0 Å². The molecule has 2 atom stereocenters. The van der Waals surface area contributed by atoms with E-state index in [9.17, 15) is 9.90 Å². The van der Waals surface area contributed by atoms with E-state index < -0.39 is 0 Å². The molecule has 21 heavy (non-hydrogen) atoms. The molecule has 0 spiro atoms. The SMILES string of the molecule is O=C(NCC1CCCCC1O)C1(c2ccccc2)CCC1. The van der Waals surface area contributed by atoms with E-state index in [2.05, 4.69) is 17.4 Å². The van der Waals surface area contributed by atoms with Crippen LogP contribution in [0.5, 0.6) is 0 Å². The van der Waals surface area contributed by atoms with Gasteiger partial charge in [0.15, 0.2) is 0 Å². The predicted octanol–water partition coefficient (Wildman–Crippen LogP) is 2.78. The van der Waals surface area contributed by atoms with Crippen LogP contribution in [0.3, 0.4) is 0 Å². The summed E-state index contributed by atoms with van der Waals surface area (Å²) in [6.07, 6.45) is 6.94. The molecule has 1 aromatic carbocycles. The number of hydrogen-bond acceptors (Lipinski definition) is 2. The van der Waals surface area contributed by atoms with Gasteiger partial charge < -0.3 is 10.4 Å². The molecule has 114 valence electrons. The fourth-order valence-corrected chi connectivity index (χ4v) is 3.75. The monoisotopic (exact) mass is 287 g/mol. The first-order valence-electron chi connectivity index (χ1n) is 8.24. The molecule has 2 aliphatic rings. The molecular formula is C18H25NO2. The Hall–Kier alpha value is -1.35. The first kappa shape index (κ1) is 14.6. The van der Waals surface area contributed by atoms with Crippen LogP contribution in [0.2, 0.25) is 0 Å². The van der Waals surface area contributed by atoms with Gasteiger partial charge in [-0.15, -0.1) is 0 Å². The number of carbonyl (C=O) groups is 1. The zero-order valence-electron chi connectivity index (χ0n) is 12.6. The second kappa shape index (κ2) is 6.18. The fourth-order valence-electron chi connectivity index (χ4n) is 3.75. The summed E-state index contributed by atoms with van der Waals surface area (Å²) < 4.78 is 0. The summed E-state index contributed by atoms with van der Waals surface area (Å²) in [5.74, 6) is 0.383. The van der Waals surface area contributed by atoms with Crippen molar-refractivity contribution >= 4 is 5.91 Å². The Morgan fingerprint density at radius 1 is 1.14 bits per heavy atom. The minimum atomic E-state index is -0.319. The first-order valence-corrected chi connectivity index (χ1v) is 8.24. The Labute approximate surface area is 126 Å². The van der Waals surface area contributed by atoms with Gasteiger partial charge in [-0.3, -0.25) is 4.79 Å². The first-order chi connectivity index (χ1) is 10.2. The summed E-state index contributed by atoms with van der Waals surface area (Å²) in [6.45, 7) is 0.620. The van der Waals surface area contributed by atoms with Crippen LogP contribution in [0.25, 0.3) is 0 Å². The third-order valence-electron chi connectivity index (χ3n) is 5.36. The van der Waals surface area contributed by atoms with Gasteiger partial charge in [-0.05, 0) is 31.2 Å². The molecule has 0 aliphatic heterocycles. The Balaban J connectivity index is 1.64. The summed E-state index contributed by atoms with van der Waals surface area (Å²) in [7, 11) is 0. The zero-order chi connectivity index (χ0) is 14.7. The van der Waals surface area contributed by atoms with Crippen molar-refractivity contribution in [3.05, 3.63) is 35.9 Å². The molecule has 0 aromatic heterocycles. The third-order valence-corrected chi connectivity index (χ3v) is 5.36. The van der Waals surface area contributed by atoms with Crippen molar-refractivity contribution < 1.29 is 9.90 Å². The molecular weight excluding hydrogens is 262 g/mol. The molecule has 2 fully saturated rings. The maximum absolute atomic E-state index is 12.7. The second-order valence-corrected chi connectivity index (χ2v) is 6.62. The molecule has 3 nitrogen and oxygen atoms in total. The van der Waals surface area contributed by atoms with Crippen molar-refractivity contribution in [3.63, 3.8) is 0 Å². The maximum atomic E-state index is 12.7. The highest BCUT2D eigenvalue weighted by Crippen LogP contribution is 2.43. The highest BCUT2D eigenvalue weighted by molar-refractivity contribution is 5.89. The van der Waals surface area contributed by atoms with Gasteiger partial charge in [0, 0.05) is 12.5 Å². The molecule has 2 aliphatic carbocycles. The Bertz CT molecular complexity index is 481. The molecule has 3 rings (SSSR count). The lowest BCUT2D eigenvalue weighted by molar-refractivity contribution is -0.130. The van der Waals surface area contributed by atoms with E-state index in [0.717, 1.165) is 44.1 Å². The van der Waals surface area contributed by atoms with E-state index in [1.54, 1.807) is 0 Å². The summed E-state index contributed by atoms with van der Waals surface area (Å²) in [5, 5.41) is 13.1. The van der Waals surface area contributed by atoms with Gasteiger partial charge in [0.25, 0.3) is 0 Å². The summed E-state index contributed by atoms with van der Waals surface area (Å²) >= 11 is 0. The van der Waals surface area contributed by atoms with Crippen LogP contribution in [0, 0.1) is 5.92 Å². The second-order valence-electron chi connectivity index (χ2n) is 6.62. The molecule has 2 N–H and O–H groups in total. The lowest BCUT2D eigenvalue weighted by atomic mass is 9.63. The Morgan fingerprint density at radius 3 is 2.48 bits per heavy atom. The Kier molecular flexibility index (Phi) is 4.29. The lowest BCUT2D eigenvalue weighted by Gasteiger charge is -2.41. The molecule has 0 saturated heterocycles. The normalized spacial score (nSPS) is 27.7. The maximum Gasteiger partial charge on any atom is 0.230 e. The zero-order valence-corrected chi connectivity index (χ0v) is 12.6. The number of amides is 1. The van der Waals surface area contributed by atoms with Crippen LogP contribution in [0.4, 0.5) is 0 Å². The van der Waals surface area contributed by atoms with Crippen molar-refractivity contribution in [2.24, 2.45) is 5.92 Å². The average Bonchev–Trinajstić information content (AvgIpc) is 2.46. The fraction of sp³-hybridized carbons (Fsp3) is 0.611. The molecule has 3 heteroatoms. The van der Waals surface area contributed by atoms with Gasteiger partial charge in [0.1, 0.15) is 0 Å².